The lowest BCUT2D eigenvalue weighted by Gasteiger charge is -2.09. The van der Waals surface area contributed by atoms with Crippen LogP contribution in [0.1, 0.15) is 5.76 Å². The molecule has 0 amide bonds. The van der Waals surface area contributed by atoms with Crippen molar-refractivity contribution in [2.24, 2.45) is 5.73 Å². The molecule has 0 atom stereocenters. The zero-order chi connectivity index (χ0) is 17.1. The first-order valence-corrected chi connectivity index (χ1v) is 7.29. The van der Waals surface area contributed by atoms with Crippen LogP contribution < -0.4 is 33.0 Å². The number of benzene rings is 2. The minimum atomic E-state index is -0.572. The SMILES string of the molecule is Cc1oc2cc(OC(=O)CN)ccc2c(=O)c1Oc1ccccc1.[Cl-]. The first-order chi connectivity index (χ1) is 11.6. The Hall–Kier alpha value is -2.83. The number of esters is 1. The van der Waals surface area contributed by atoms with Crippen LogP contribution in [0.25, 0.3) is 11.0 Å². The first-order valence-electron chi connectivity index (χ1n) is 7.29. The number of hydrogen-bond acceptors (Lipinski definition) is 6. The number of nitrogens with two attached hydrogens (primary N) is 1. The van der Waals surface area contributed by atoms with E-state index in [9.17, 15) is 9.59 Å². The monoisotopic (exact) mass is 360 g/mol. The Kier molecular flexibility index (Phi) is 5.80. The highest BCUT2D eigenvalue weighted by Crippen LogP contribution is 2.27. The van der Waals surface area contributed by atoms with E-state index in [0.29, 0.717) is 22.5 Å². The normalized spacial score (nSPS) is 10.2. The van der Waals surface area contributed by atoms with Gasteiger partial charge >= 0.3 is 5.97 Å². The van der Waals surface area contributed by atoms with E-state index >= 15 is 0 Å². The van der Waals surface area contributed by atoms with Gasteiger partial charge in [0.2, 0.25) is 11.2 Å². The number of carbonyl (C=O) groups is 1. The van der Waals surface area contributed by atoms with Crippen molar-refractivity contribution in [3.05, 3.63) is 64.5 Å². The van der Waals surface area contributed by atoms with Crippen LogP contribution >= 0.6 is 0 Å². The fourth-order valence-corrected chi connectivity index (χ4v) is 2.23. The average Bonchev–Trinajstić information content (AvgIpc) is 2.59. The molecule has 0 aliphatic rings. The summed E-state index contributed by atoms with van der Waals surface area (Å²) in [7, 11) is 0. The average molecular weight is 361 g/mol. The standard InChI is InChI=1S/C18H15NO5.ClH/c1-11-18(24-12-5-3-2-4-6-12)17(21)14-8-7-13(9-15(14)22-11)23-16(20)10-19;/h2-9H,10,19H2,1H3;1H/p-1. The van der Waals surface area contributed by atoms with Crippen molar-refractivity contribution < 1.29 is 31.1 Å². The van der Waals surface area contributed by atoms with Crippen molar-refractivity contribution >= 4 is 16.9 Å². The van der Waals surface area contributed by atoms with Gasteiger partial charge in [0.05, 0.1) is 11.9 Å². The fraction of sp³-hybridized carbons (Fsp3) is 0.111. The van der Waals surface area contributed by atoms with E-state index in [1.807, 2.05) is 18.2 Å². The largest absolute Gasteiger partial charge is 1.00 e. The molecule has 0 bridgehead atoms. The lowest BCUT2D eigenvalue weighted by Crippen LogP contribution is -3.00. The van der Waals surface area contributed by atoms with E-state index in [1.54, 1.807) is 19.1 Å². The van der Waals surface area contributed by atoms with Crippen LogP contribution in [-0.2, 0) is 4.79 Å². The molecule has 3 aromatic rings. The maximum Gasteiger partial charge on any atom is 0.325 e. The van der Waals surface area contributed by atoms with Gasteiger partial charge in [0, 0.05) is 6.07 Å². The number of carbonyl (C=O) groups excluding carboxylic acids is 1. The van der Waals surface area contributed by atoms with Crippen LogP contribution in [0, 0.1) is 6.92 Å². The predicted octanol–water partition coefficient (Wildman–Crippen LogP) is -0.238. The lowest BCUT2D eigenvalue weighted by molar-refractivity contribution is -0.132. The maximum absolute atomic E-state index is 12.6. The van der Waals surface area contributed by atoms with E-state index in [2.05, 4.69) is 0 Å². The maximum atomic E-state index is 12.6. The quantitative estimate of drug-likeness (QED) is 0.510. The van der Waals surface area contributed by atoms with Gasteiger partial charge < -0.3 is 32.0 Å². The number of aryl methyl sites for hydroxylation is 1. The second-order valence-electron chi connectivity index (χ2n) is 5.07. The summed E-state index contributed by atoms with van der Waals surface area (Å²) in [5, 5.41) is 0.332. The Morgan fingerprint density at radius 2 is 1.84 bits per heavy atom. The molecule has 7 heteroatoms. The van der Waals surface area contributed by atoms with E-state index in [-0.39, 0.29) is 35.9 Å². The van der Waals surface area contributed by atoms with Gasteiger partial charge in [-0.25, -0.2) is 0 Å². The Morgan fingerprint density at radius 1 is 1.12 bits per heavy atom. The van der Waals surface area contributed by atoms with Gasteiger partial charge in [0.25, 0.3) is 0 Å². The summed E-state index contributed by atoms with van der Waals surface area (Å²) in [5.41, 5.74) is 5.22. The molecule has 25 heavy (non-hydrogen) atoms. The number of ether oxygens (including phenoxy) is 2. The molecular weight excluding hydrogens is 346 g/mol. The summed E-state index contributed by atoms with van der Waals surface area (Å²) in [4.78, 5) is 23.9. The van der Waals surface area contributed by atoms with Crippen molar-refractivity contribution in [1.82, 2.24) is 0 Å². The number of fused-ring (bicyclic) bond motifs is 1. The zero-order valence-corrected chi connectivity index (χ0v) is 14.1. The molecule has 0 radical (unpaired) electrons. The second kappa shape index (κ2) is 7.83. The molecule has 3 rings (SSSR count). The second-order valence-corrected chi connectivity index (χ2v) is 5.07. The third-order valence-electron chi connectivity index (χ3n) is 3.35. The van der Waals surface area contributed by atoms with E-state index < -0.39 is 5.97 Å². The molecule has 130 valence electrons. The fourth-order valence-electron chi connectivity index (χ4n) is 2.23. The molecule has 6 nitrogen and oxygen atoms in total. The number of hydrogen-bond donors (Lipinski definition) is 1. The molecule has 0 unspecified atom stereocenters. The van der Waals surface area contributed by atoms with Crippen LogP contribution in [0.15, 0.2) is 57.7 Å². The number of rotatable bonds is 4. The summed E-state index contributed by atoms with van der Waals surface area (Å²) in [6, 6.07) is 13.5. The highest BCUT2D eigenvalue weighted by atomic mass is 35.5. The Bertz CT molecular complexity index is 953. The van der Waals surface area contributed by atoms with E-state index in [4.69, 9.17) is 19.6 Å². The van der Waals surface area contributed by atoms with Crippen LogP contribution in [-0.4, -0.2) is 12.5 Å². The third kappa shape index (κ3) is 3.99. The highest BCUT2D eigenvalue weighted by Gasteiger charge is 2.15. The van der Waals surface area contributed by atoms with Crippen LogP contribution in [0.4, 0.5) is 0 Å². The lowest BCUT2D eigenvalue weighted by atomic mass is 10.2. The molecular formula is C18H15ClNO5-. The molecule has 0 aliphatic carbocycles. The molecule has 2 N–H and O–H groups in total. The molecule has 1 aromatic heterocycles. The molecule has 0 aliphatic heterocycles. The van der Waals surface area contributed by atoms with Gasteiger partial charge in [-0.2, -0.15) is 0 Å². The highest BCUT2D eigenvalue weighted by molar-refractivity contribution is 5.81. The minimum absolute atomic E-state index is 0. The van der Waals surface area contributed by atoms with Gasteiger partial charge in [-0.05, 0) is 31.2 Å². The van der Waals surface area contributed by atoms with Crippen LogP contribution in [0.2, 0.25) is 0 Å². The number of halogens is 1. The van der Waals surface area contributed by atoms with Gasteiger partial charge in [-0.15, -0.1) is 0 Å². The third-order valence-corrected chi connectivity index (χ3v) is 3.35. The Labute approximate surface area is 149 Å². The van der Waals surface area contributed by atoms with Crippen LogP contribution in [0.5, 0.6) is 17.2 Å². The van der Waals surface area contributed by atoms with Crippen molar-refractivity contribution in [3.63, 3.8) is 0 Å². The van der Waals surface area contributed by atoms with Crippen molar-refractivity contribution in [3.8, 4) is 17.2 Å². The zero-order valence-electron chi connectivity index (χ0n) is 13.3. The summed E-state index contributed by atoms with van der Waals surface area (Å²) in [6.45, 7) is 1.41. The topological polar surface area (TPSA) is 91.8 Å². The Morgan fingerprint density at radius 3 is 2.52 bits per heavy atom. The van der Waals surface area contributed by atoms with Crippen molar-refractivity contribution in [2.75, 3.05) is 6.54 Å². The van der Waals surface area contributed by atoms with Crippen molar-refractivity contribution in [1.29, 1.82) is 0 Å². The summed E-state index contributed by atoms with van der Waals surface area (Å²) < 4.78 is 16.3. The summed E-state index contributed by atoms with van der Waals surface area (Å²) in [6.07, 6.45) is 0. The van der Waals surface area contributed by atoms with Gasteiger partial charge in [0.15, 0.2) is 0 Å². The van der Waals surface area contributed by atoms with E-state index in [0.717, 1.165) is 0 Å². The Balaban J connectivity index is 0.00000225. The predicted molar refractivity (Wildman–Crippen MR) is 88.4 cm³/mol. The minimum Gasteiger partial charge on any atom is -1.00 e. The van der Waals surface area contributed by atoms with Crippen LogP contribution in [0.3, 0.4) is 0 Å². The smallest absolute Gasteiger partial charge is 0.325 e. The first kappa shape index (κ1) is 18.5. The molecule has 1 heterocycles. The molecule has 0 fully saturated rings. The summed E-state index contributed by atoms with van der Waals surface area (Å²) >= 11 is 0. The molecule has 2 aromatic carbocycles. The molecule has 0 spiro atoms. The summed E-state index contributed by atoms with van der Waals surface area (Å²) in [5.74, 6) is 0.689. The number of para-hydroxylation sites is 1. The molecule has 0 saturated carbocycles. The van der Waals surface area contributed by atoms with E-state index in [1.165, 1.54) is 18.2 Å². The van der Waals surface area contributed by atoms with Gasteiger partial charge in [-0.3, -0.25) is 9.59 Å². The van der Waals surface area contributed by atoms with Gasteiger partial charge in [-0.1, -0.05) is 18.2 Å². The molecule has 0 saturated heterocycles. The van der Waals surface area contributed by atoms with Gasteiger partial charge in [0.1, 0.15) is 22.8 Å². The van der Waals surface area contributed by atoms with Crippen molar-refractivity contribution in [2.45, 2.75) is 6.92 Å².